The van der Waals surface area contributed by atoms with Crippen LogP contribution in [0.25, 0.3) is 0 Å². The number of carbonyl (C=O) groups is 1. The molecule has 1 aliphatic heterocycles. The van der Waals surface area contributed by atoms with Crippen LogP contribution in [-0.2, 0) is 20.3 Å². The minimum atomic E-state index is -0.803. The van der Waals surface area contributed by atoms with Gasteiger partial charge in [0.2, 0.25) is 0 Å². The molecule has 0 saturated carbocycles. The van der Waals surface area contributed by atoms with Gasteiger partial charge >= 0.3 is 5.97 Å². The largest absolute Gasteiger partial charge is 0.459 e. The van der Waals surface area contributed by atoms with Gasteiger partial charge in [-0.3, -0.25) is 9.00 Å². The standard InChI is InChI=1S/C8H14O3S/c1-7(9)11-8(2)4-3-5-12(10)6-8/h3-6H2,1-2H3/t8-,12?/m1/s1. The Kier molecular flexibility index (Phi) is 2.88. The predicted octanol–water partition coefficient (Wildman–Crippen LogP) is 0.851. The third-order valence-electron chi connectivity index (χ3n) is 1.93. The van der Waals surface area contributed by atoms with E-state index in [4.69, 9.17) is 4.74 Å². The molecule has 1 heterocycles. The zero-order valence-electron chi connectivity index (χ0n) is 7.46. The molecule has 0 aromatic heterocycles. The van der Waals surface area contributed by atoms with Crippen LogP contribution in [0.2, 0.25) is 0 Å². The van der Waals surface area contributed by atoms with Crippen LogP contribution in [0.4, 0.5) is 0 Å². The van der Waals surface area contributed by atoms with E-state index in [1.165, 1.54) is 6.92 Å². The SMILES string of the molecule is CC(=O)O[C@]1(C)CCCS(=O)C1. The van der Waals surface area contributed by atoms with E-state index in [0.29, 0.717) is 5.75 Å². The highest BCUT2D eigenvalue weighted by Gasteiger charge is 2.33. The van der Waals surface area contributed by atoms with Crippen LogP contribution in [-0.4, -0.2) is 27.3 Å². The van der Waals surface area contributed by atoms with Gasteiger partial charge in [-0.1, -0.05) is 0 Å². The third-order valence-corrected chi connectivity index (χ3v) is 3.61. The molecule has 0 spiro atoms. The van der Waals surface area contributed by atoms with Crippen molar-refractivity contribution in [3.05, 3.63) is 0 Å². The van der Waals surface area contributed by atoms with Gasteiger partial charge in [0, 0.05) is 23.5 Å². The summed E-state index contributed by atoms with van der Waals surface area (Å²) in [4.78, 5) is 10.7. The second-order valence-corrected chi connectivity index (χ2v) is 5.01. The summed E-state index contributed by atoms with van der Waals surface area (Å²) in [5.41, 5.74) is -0.477. The molecule has 12 heavy (non-hydrogen) atoms. The fourth-order valence-electron chi connectivity index (χ4n) is 1.52. The molecule has 0 N–H and O–H groups in total. The van der Waals surface area contributed by atoms with Gasteiger partial charge in [0.1, 0.15) is 5.60 Å². The lowest BCUT2D eigenvalue weighted by atomic mass is 10.0. The molecular formula is C8H14O3S. The van der Waals surface area contributed by atoms with E-state index in [1.54, 1.807) is 0 Å². The average molecular weight is 190 g/mol. The molecule has 70 valence electrons. The first-order valence-corrected chi connectivity index (χ1v) is 5.55. The second kappa shape index (κ2) is 3.56. The minimum absolute atomic E-state index is 0.281. The van der Waals surface area contributed by atoms with Gasteiger partial charge in [-0.15, -0.1) is 0 Å². The van der Waals surface area contributed by atoms with Crippen molar-refractivity contribution < 1.29 is 13.7 Å². The van der Waals surface area contributed by atoms with Crippen LogP contribution >= 0.6 is 0 Å². The summed E-state index contributed by atoms with van der Waals surface area (Å²) in [6.07, 6.45) is 1.72. The van der Waals surface area contributed by atoms with Crippen LogP contribution in [0.3, 0.4) is 0 Å². The summed E-state index contributed by atoms with van der Waals surface area (Å²) in [7, 11) is -0.803. The number of carbonyl (C=O) groups excluding carboxylic acids is 1. The molecule has 4 heteroatoms. The molecule has 0 aliphatic carbocycles. The highest BCUT2D eigenvalue weighted by Crippen LogP contribution is 2.24. The summed E-state index contributed by atoms with van der Waals surface area (Å²) in [5, 5.41) is 0. The van der Waals surface area contributed by atoms with E-state index in [1.807, 2.05) is 6.92 Å². The van der Waals surface area contributed by atoms with Crippen LogP contribution in [0, 0.1) is 0 Å². The van der Waals surface area contributed by atoms with Crippen molar-refractivity contribution in [1.29, 1.82) is 0 Å². The van der Waals surface area contributed by atoms with E-state index in [0.717, 1.165) is 18.6 Å². The molecular weight excluding hydrogens is 176 g/mol. The van der Waals surface area contributed by atoms with Gasteiger partial charge in [0.15, 0.2) is 0 Å². The van der Waals surface area contributed by atoms with Crippen molar-refractivity contribution in [2.75, 3.05) is 11.5 Å². The molecule has 1 unspecified atom stereocenters. The summed E-state index contributed by atoms with van der Waals surface area (Å²) >= 11 is 0. The topological polar surface area (TPSA) is 43.4 Å². The number of rotatable bonds is 1. The van der Waals surface area contributed by atoms with Gasteiger partial charge in [-0.2, -0.15) is 0 Å². The van der Waals surface area contributed by atoms with E-state index in [-0.39, 0.29) is 5.97 Å². The van der Waals surface area contributed by atoms with E-state index >= 15 is 0 Å². The first kappa shape index (κ1) is 9.71. The van der Waals surface area contributed by atoms with E-state index in [9.17, 15) is 9.00 Å². The Morgan fingerprint density at radius 2 is 2.25 bits per heavy atom. The Labute approximate surface area is 74.9 Å². The molecule has 1 fully saturated rings. The first-order chi connectivity index (χ1) is 5.52. The summed E-state index contributed by atoms with van der Waals surface area (Å²) in [6, 6.07) is 0. The lowest BCUT2D eigenvalue weighted by molar-refractivity contribution is -0.153. The number of esters is 1. The fourth-order valence-corrected chi connectivity index (χ4v) is 3.01. The normalized spacial score (nSPS) is 36.0. The Morgan fingerprint density at radius 3 is 2.75 bits per heavy atom. The molecule has 1 aliphatic rings. The third kappa shape index (κ3) is 2.59. The molecule has 0 radical (unpaired) electrons. The number of ether oxygens (including phenoxy) is 1. The van der Waals surface area contributed by atoms with Crippen molar-refractivity contribution in [1.82, 2.24) is 0 Å². The molecule has 2 atom stereocenters. The quantitative estimate of drug-likeness (QED) is 0.576. The summed E-state index contributed by atoms with van der Waals surface area (Å²) < 4.78 is 16.3. The van der Waals surface area contributed by atoms with Crippen LogP contribution in [0.15, 0.2) is 0 Å². The maximum absolute atomic E-state index is 11.2. The van der Waals surface area contributed by atoms with Crippen molar-refractivity contribution in [2.45, 2.75) is 32.3 Å². The van der Waals surface area contributed by atoms with Crippen LogP contribution in [0.5, 0.6) is 0 Å². The Bertz CT molecular complexity index is 210. The Balaban J connectivity index is 2.57. The molecule has 1 saturated heterocycles. The van der Waals surface area contributed by atoms with Gasteiger partial charge < -0.3 is 4.74 Å². The average Bonchev–Trinajstić information content (AvgIpc) is 1.82. The van der Waals surface area contributed by atoms with Gasteiger partial charge in [0.05, 0.1) is 5.75 Å². The van der Waals surface area contributed by atoms with Crippen LogP contribution < -0.4 is 0 Å². The van der Waals surface area contributed by atoms with E-state index < -0.39 is 16.4 Å². The Hall–Kier alpha value is -0.380. The first-order valence-electron chi connectivity index (χ1n) is 4.06. The molecule has 1 rings (SSSR count). The predicted molar refractivity (Wildman–Crippen MR) is 47.3 cm³/mol. The van der Waals surface area contributed by atoms with Crippen molar-refractivity contribution in [2.24, 2.45) is 0 Å². The van der Waals surface area contributed by atoms with Gasteiger partial charge in [-0.25, -0.2) is 0 Å². The van der Waals surface area contributed by atoms with Crippen molar-refractivity contribution in [3.8, 4) is 0 Å². The molecule has 0 aromatic rings. The van der Waals surface area contributed by atoms with Gasteiger partial charge in [-0.05, 0) is 19.8 Å². The lowest BCUT2D eigenvalue weighted by Gasteiger charge is -2.31. The monoisotopic (exact) mass is 190 g/mol. The zero-order valence-corrected chi connectivity index (χ0v) is 8.28. The molecule has 0 bridgehead atoms. The highest BCUT2D eigenvalue weighted by molar-refractivity contribution is 7.85. The maximum atomic E-state index is 11.2. The maximum Gasteiger partial charge on any atom is 0.303 e. The van der Waals surface area contributed by atoms with Crippen molar-refractivity contribution in [3.63, 3.8) is 0 Å². The van der Waals surface area contributed by atoms with Crippen molar-refractivity contribution >= 4 is 16.8 Å². The molecule has 3 nitrogen and oxygen atoms in total. The lowest BCUT2D eigenvalue weighted by Crippen LogP contribution is -2.40. The van der Waals surface area contributed by atoms with Gasteiger partial charge in [0.25, 0.3) is 0 Å². The Morgan fingerprint density at radius 1 is 1.58 bits per heavy atom. The molecule has 0 amide bonds. The number of hydrogen-bond donors (Lipinski definition) is 0. The smallest absolute Gasteiger partial charge is 0.303 e. The van der Waals surface area contributed by atoms with E-state index in [2.05, 4.69) is 0 Å². The summed E-state index contributed by atoms with van der Waals surface area (Å²) in [5.74, 6) is 0.958. The second-order valence-electron chi connectivity index (χ2n) is 3.44. The number of hydrogen-bond acceptors (Lipinski definition) is 3. The minimum Gasteiger partial charge on any atom is -0.459 e. The molecule has 0 aromatic carbocycles. The summed E-state index contributed by atoms with van der Waals surface area (Å²) in [6.45, 7) is 3.24. The van der Waals surface area contributed by atoms with Crippen LogP contribution in [0.1, 0.15) is 26.7 Å². The zero-order chi connectivity index (χ0) is 9.19. The highest BCUT2D eigenvalue weighted by atomic mass is 32.2. The fraction of sp³-hybridized carbons (Fsp3) is 0.875.